The van der Waals surface area contributed by atoms with Crippen LogP contribution in [0.5, 0.6) is 5.75 Å². The molecule has 0 bridgehead atoms. The SMILES string of the molecule is COc1ccc2[nH]cc(C3=CCN(C(=O)C=CCN(C)C)CC3)c2c1. The van der Waals surface area contributed by atoms with Crippen LogP contribution in [0.25, 0.3) is 16.5 Å². The first-order chi connectivity index (χ1) is 12.1. The summed E-state index contributed by atoms with van der Waals surface area (Å²) < 4.78 is 5.34. The lowest BCUT2D eigenvalue weighted by Gasteiger charge is -2.25. The molecule has 5 heteroatoms. The van der Waals surface area contributed by atoms with Crippen LogP contribution < -0.4 is 4.74 Å². The molecule has 25 heavy (non-hydrogen) atoms. The van der Waals surface area contributed by atoms with Gasteiger partial charge in [-0.25, -0.2) is 0 Å². The molecule has 1 aromatic carbocycles. The average Bonchev–Trinajstić information content (AvgIpc) is 3.04. The van der Waals surface area contributed by atoms with Crippen molar-refractivity contribution >= 4 is 22.4 Å². The van der Waals surface area contributed by atoms with E-state index in [2.05, 4.69) is 17.1 Å². The van der Waals surface area contributed by atoms with E-state index >= 15 is 0 Å². The number of nitrogens with zero attached hydrogens (tertiary/aromatic N) is 2. The number of fused-ring (bicyclic) bond motifs is 1. The lowest BCUT2D eigenvalue weighted by atomic mass is 9.98. The maximum atomic E-state index is 12.2. The van der Waals surface area contributed by atoms with Gasteiger partial charge in [0.1, 0.15) is 5.75 Å². The Balaban J connectivity index is 1.73. The van der Waals surface area contributed by atoms with Gasteiger partial charge in [0.2, 0.25) is 5.91 Å². The van der Waals surface area contributed by atoms with Crippen LogP contribution in [-0.4, -0.2) is 61.5 Å². The predicted octanol–water partition coefficient (Wildman–Crippen LogP) is 2.91. The molecule has 1 amide bonds. The summed E-state index contributed by atoms with van der Waals surface area (Å²) in [7, 11) is 5.66. The predicted molar refractivity (Wildman–Crippen MR) is 102 cm³/mol. The van der Waals surface area contributed by atoms with E-state index in [9.17, 15) is 4.79 Å². The Morgan fingerprint density at radius 2 is 2.24 bits per heavy atom. The number of methoxy groups -OCH3 is 1. The normalized spacial score (nSPS) is 15.2. The molecule has 1 N–H and O–H groups in total. The van der Waals surface area contributed by atoms with E-state index in [1.807, 2.05) is 48.3 Å². The molecule has 0 unspecified atom stereocenters. The third kappa shape index (κ3) is 3.94. The maximum absolute atomic E-state index is 12.2. The van der Waals surface area contributed by atoms with Gasteiger partial charge in [0.05, 0.1) is 7.11 Å². The first-order valence-corrected chi connectivity index (χ1v) is 8.53. The number of benzene rings is 1. The topological polar surface area (TPSA) is 48.6 Å². The number of hydrogen-bond donors (Lipinski definition) is 1. The van der Waals surface area contributed by atoms with Crippen molar-refractivity contribution in [2.45, 2.75) is 6.42 Å². The van der Waals surface area contributed by atoms with E-state index in [1.54, 1.807) is 13.2 Å². The smallest absolute Gasteiger partial charge is 0.246 e. The zero-order chi connectivity index (χ0) is 17.8. The highest BCUT2D eigenvalue weighted by molar-refractivity contribution is 5.94. The molecule has 1 aromatic heterocycles. The largest absolute Gasteiger partial charge is 0.497 e. The number of rotatable bonds is 5. The van der Waals surface area contributed by atoms with Crippen molar-refractivity contribution in [1.29, 1.82) is 0 Å². The van der Waals surface area contributed by atoms with Crippen molar-refractivity contribution in [3.63, 3.8) is 0 Å². The summed E-state index contributed by atoms with van der Waals surface area (Å²) in [6.07, 6.45) is 8.65. The lowest BCUT2D eigenvalue weighted by molar-refractivity contribution is -0.125. The molecule has 2 aromatic rings. The van der Waals surface area contributed by atoms with Crippen molar-refractivity contribution in [2.24, 2.45) is 0 Å². The fourth-order valence-electron chi connectivity index (χ4n) is 3.08. The molecule has 0 saturated carbocycles. The monoisotopic (exact) mass is 339 g/mol. The number of nitrogens with one attached hydrogen (secondary N) is 1. The third-order valence-corrected chi connectivity index (χ3v) is 4.49. The van der Waals surface area contributed by atoms with Crippen LogP contribution in [0, 0.1) is 0 Å². The highest BCUT2D eigenvalue weighted by atomic mass is 16.5. The Bertz CT molecular complexity index is 817. The fourth-order valence-corrected chi connectivity index (χ4v) is 3.08. The van der Waals surface area contributed by atoms with Crippen LogP contribution in [0.1, 0.15) is 12.0 Å². The van der Waals surface area contributed by atoms with Gasteiger partial charge in [0.15, 0.2) is 0 Å². The van der Waals surface area contributed by atoms with Crippen LogP contribution in [-0.2, 0) is 4.79 Å². The summed E-state index contributed by atoms with van der Waals surface area (Å²) in [6.45, 7) is 2.17. The molecule has 0 saturated heterocycles. The van der Waals surface area contributed by atoms with Gasteiger partial charge in [-0.05, 0) is 44.3 Å². The summed E-state index contributed by atoms with van der Waals surface area (Å²) in [5, 5.41) is 1.16. The van der Waals surface area contributed by atoms with Gasteiger partial charge in [-0.3, -0.25) is 4.79 Å². The Hall–Kier alpha value is -2.53. The number of amides is 1. The lowest BCUT2D eigenvalue weighted by Crippen LogP contribution is -2.33. The Morgan fingerprint density at radius 1 is 1.40 bits per heavy atom. The van der Waals surface area contributed by atoms with Crippen LogP contribution in [0.15, 0.2) is 42.6 Å². The fraction of sp³-hybridized carbons (Fsp3) is 0.350. The molecule has 0 fully saturated rings. The van der Waals surface area contributed by atoms with E-state index in [-0.39, 0.29) is 5.91 Å². The zero-order valence-corrected chi connectivity index (χ0v) is 15.1. The minimum atomic E-state index is 0.0812. The van der Waals surface area contributed by atoms with Crippen molar-refractivity contribution in [2.75, 3.05) is 40.8 Å². The van der Waals surface area contributed by atoms with Gasteiger partial charge in [0.25, 0.3) is 0 Å². The van der Waals surface area contributed by atoms with Gasteiger partial charge in [-0.2, -0.15) is 0 Å². The second-order valence-corrected chi connectivity index (χ2v) is 6.54. The van der Waals surface area contributed by atoms with Crippen molar-refractivity contribution in [3.05, 3.63) is 48.2 Å². The van der Waals surface area contributed by atoms with Crippen molar-refractivity contribution < 1.29 is 9.53 Å². The zero-order valence-electron chi connectivity index (χ0n) is 15.1. The van der Waals surface area contributed by atoms with Crippen LogP contribution in [0.2, 0.25) is 0 Å². The van der Waals surface area contributed by atoms with E-state index in [4.69, 9.17) is 4.74 Å². The molecule has 5 nitrogen and oxygen atoms in total. The Kier molecular flexibility index (Phi) is 5.24. The minimum Gasteiger partial charge on any atom is -0.497 e. The standard InChI is InChI=1S/C20H25N3O2/c1-22(2)10-4-5-20(24)23-11-8-15(9-12-23)18-14-21-19-7-6-16(25-3)13-17(18)19/h4-8,13-14,21H,9-12H2,1-3H3. The summed E-state index contributed by atoms with van der Waals surface area (Å²) in [5.74, 6) is 0.935. The molecule has 0 spiro atoms. The van der Waals surface area contributed by atoms with E-state index in [0.717, 1.165) is 36.2 Å². The van der Waals surface area contributed by atoms with Crippen LogP contribution in [0.4, 0.5) is 0 Å². The summed E-state index contributed by atoms with van der Waals surface area (Å²) in [6, 6.07) is 6.05. The number of H-pyrrole nitrogens is 1. The third-order valence-electron chi connectivity index (χ3n) is 4.49. The summed E-state index contributed by atoms with van der Waals surface area (Å²) in [5.41, 5.74) is 3.58. The molecular weight excluding hydrogens is 314 g/mol. The van der Waals surface area contributed by atoms with Gasteiger partial charge < -0.3 is 19.5 Å². The maximum Gasteiger partial charge on any atom is 0.246 e. The summed E-state index contributed by atoms with van der Waals surface area (Å²) in [4.78, 5) is 19.5. The van der Waals surface area contributed by atoms with Crippen LogP contribution >= 0.6 is 0 Å². The number of aromatic amines is 1. The number of hydrogen-bond acceptors (Lipinski definition) is 3. The number of ether oxygens (including phenoxy) is 1. The number of likely N-dealkylation sites (N-methyl/N-ethyl adjacent to an activating group) is 1. The Labute approximate surface area is 148 Å². The number of carbonyl (C=O) groups excluding carboxylic acids is 1. The highest BCUT2D eigenvalue weighted by Gasteiger charge is 2.18. The molecule has 2 heterocycles. The van der Waals surface area contributed by atoms with Gasteiger partial charge in [-0.1, -0.05) is 12.2 Å². The minimum absolute atomic E-state index is 0.0812. The Morgan fingerprint density at radius 3 is 2.92 bits per heavy atom. The average molecular weight is 339 g/mol. The van der Waals surface area contributed by atoms with Gasteiger partial charge >= 0.3 is 0 Å². The van der Waals surface area contributed by atoms with Gasteiger partial charge in [-0.15, -0.1) is 0 Å². The number of aromatic nitrogens is 1. The van der Waals surface area contributed by atoms with Crippen LogP contribution in [0.3, 0.4) is 0 Å². The molecule has 1 aliphatic heterocycles. The van der Waals surface area contributed by atoms with Crippen molar-refractivity contribution in [3.8, 4) is 5.75 Å². The molecule has 3 rings (SSSR count). The molecule has 0 aliphatic carbocycles. The molecule has 0 atom stereocenters. The van der Waals surface area contributed by atoms with E-state index in [0.29, 0.717) is 6.54 Å². The highest BCUT2D eigenvalue weighted by Crippen LogP contribution is 2.31. The van der Waals surface area contributed by atoms with Gasteiger partial charge in [0, 0.05) is 48.4 Å². The first kappa shape index (κ1) is 17.3. The van der Waals surface area contributed by atoms with E-state index < -0.39 is 0 Å². The second kappa shape index (κ2) is 7.57. The number of carbonyl (C=O) groups is 1. The first-order valence-electron chi connectivity index (χ1n) is 8.53. The quantitative estimate of drug-likeness (QED) is 0.852. The molecule has 0 radical (unpaired) electrons. The second-order valence-electron chi connectivity index (χ2n) is 6.54. The van der Waals surface area contributed by atoms with Crippen molar-refractivity contribution in [1.82, 2.24) is 14.8 Å². The molecular formula is C20H25N3O2. The molecule has 1 aliphatic rings. The molecule has 132 valence electrons. The van der Waals surface area contributed by atoms with E-state index in [1.165, 1.54) is 11.1 Å². The summed E-state index contributed by atoms with van der Waals surface area (Å²) >= 11 is 0.